The number of esters is 1. The van der Waals surface area contributed by atoms with Crippen LogP contribution >= 0.6 is 15.9 Å². The van der Waals surface area contributed by atoms with E-state index in [0.29, 0.717) is 0 Å². The average Bonchev–Trinajstić information content (AvgIpc) is 2.28. The molecule has 0 bridgehead atoms. The van der Waals surface area contributed by atoms with Gasteiger partial charge >= 0.3 is 5.97 Å². The van der Waals surface area contributed by atoms with Gasteiger partial charge in [-0.05, 0) is 13.0 Å². The van der Waals surface area contributed by atoms with Crippen molar-refractivity contribution in [1.82, 2.24) is 9.97 Å². The molecule has 5 nitrogen and oxygen atoms in total. The molecule has 0 saturated carbocycles. The van der Waals surface area contributed by atoms with Gasteiger partial charge in [0.25, 0.3) is 0 Å². The van der Waals surface area contributed by atoms with Gasteiger partial charge in [-0.3, -0.25) is 4.79 Å². The van der Waals surface area contributed by atoms with Crippen LogP contribution in [0.3, 0.4) is 0 Å². The minimum absolute atomic E-state index is 0.0115. The number of rotatable bonds is 4. The van der Waals surface area contributed by atoms with Crippen molar-refractivity contribution < 1.29 is 14.3 Å². The van der Waals surface area contributed by atoms with Crippen LogP contribution in [-0.2, 0) is 4.74 Å². The fourth-order valence-electron chi connectivity index (χ4n) is 0.872. The van der Waals surface area contributed by atoms with Crippen LogP contribution in [0.5, 0.6) is 0 Å². The molecule has 6 heteroatoms. The summed E-state index contributed by atoms with van der Waals surface area (Å²) >= 11 is 3.00. The summed E-state index contributed by atoms with van der Waals surface area (Å²) in [7, 11) is 0. The number of halogens is 1. The summed E-state index contributed by atoms with van der Waals surface area (Å²) in [6.07, 6.45) is 1.36. The Morgan fingerprint density at radius 2 is 2.27 bits per heavy atom. The van der Waals surface area contributed by atoms with Crippen LogP contribution in [0.25, 0.3) is 0 Å². The van der Waals surface area contributed by atoms with Crippen molar-refractivity contribution in [3.8, 4) is 0 Å². The standard InChI is InChI=1S/C9H9BrN2O3/c1-2-15-9(14)6-3-4-11-8(12-6)7(13)5-10/h3-4H,2,5H2,1H3. The lowest BCUT2D eigenvalue weighted by Gasteiger charge is -2.01. The first kappa shape index (κ1) is 11.8. The van der Waals surface area contributed by atoms with Gasteiger partial charge in [0.2, 0.25) is 5.78 Å². The van der Waals surface area contributed by atoms with Gasteiger partial charge in [-0.25, -0.2) is 14.8 Å². The molecule has 0 aromatic carbocycles. The van der Waals surface area contributed by atoms with Crippen LogP contribution < -0.4 is 0 Å². The largest absolute Gasteiger partial charge is 0.461 e. The van der Waals surface area contributed by atoms with E-state index in [2.05, 4.69) is 25.9 Å². The van der Waals surface area contributed by atoms with Crippen molar-refractivity contribution in [3.63, 3.8) is 0 Å². The summed E-state index contributed by atoms with van der Waals surface area (Å²) in [6, 6.07) is 1.41. The molecule has 0 aliphatic carbocycles. The fourth-order valence-corrected chi connectivity index (χ4v) is 1.12. The molecule has 80 valence electrons. The maximum absolute atomic E-state index is 11.3. The first-order chi connectivity index (χ1) is 7.19. The Hall–Kier alpha value is -1.30. The average molecular weight is 273 g/mol. The molecule has 0 amide bonds. The van der Waals surface area contributed by atoms with E-state index in [-0.39, 0.29) is 29.2 Å². The zero-order valence-corrected chi connectivity index (χ0v) is 9.65. The summed E-state index contributed by atoms with van der Waals surface area (Å²) < 4.78 is 4.74. The zero-order valence-electron chi connectivity index (χ0n) is 8.07. The van der Waals surface area contributed by atoms with E-state index < -0.39 is 5.97 Å². The maximum Gasteiger partial charge on any atom is 0.357 e. The monoisotopic (exact) mass is 272 g/mol. The van der Waals surface area contributed by atoms with Crippen molar-refractivity contribution in [2.75, 3.05) is 11.9 Å². The first-order valence-corrected chi connectivity index (χ1v) is 5.40. The van der Waals surface area contributed by atoms with Gasteiger partial charge in [-0.1, -0.05) is 15.9 Å². The topological polar surface area (TPSA) is 69.2 Å². The number of carbonyl (C=O) groups is 2. The number of hydrogen-bond donors (Lipinski definition) is 0. The van der Waals surface area contributed by atoms with Gasteiger partial charge in [0, 0.05) is 6.20 Å². The lowest BCUT2D eigenvalue weighted by molar-refractivity contribution is 0.0519. The number of alkyl halides is 1. The first-order valence-electron chi connectivity index (χ1n) is 4.28. The van der Waals surface area contributed by atoms with E-state index in [9.17, 15) is 9.59 Å². The summed E-state index contributed by atoms with van der Waals surface area (Å²) in [6.45, 7) is 1.97. The van der Waals surface area contributed by atoms with Gasteiger partial charge < -0.3 is 4.74 Å². The van der Waals surface area contributed by atoms with Crippen LogP contribution in [0.2, 0.25) is 0 Å². The van der Waals surface area contributed by atoms with Gasteiger partial charge in [-0.15, -0.1) is 0 Å². The highest BCUT2D eigenvalue weighted by Crippen LogP contribution is 2.00. The molecule has 1 heterocycles. The van der Waals surface area contributed by atoms with Gasteiger partial charge in [0.15, 0.2) is 11.5 Å². The second-order valence-corrected chi connectivity index (χ2v) is 3.10. The van der Waals surface area contributed by atoms with Crippen LogP contribution in [-0.4, -0.2) is 33.7 Å². The number of carbonyl (C=O) groups excluding carboxylic acids is 2. The Labute approximate surface area is 95.0 Å². The predicted molar refractivity (Wildman–Crippen MR) is 56.1 cm³/mol. The highest BCUT2D eigenvalue weighted by molar-refractivity contribution is 9.09. The van der Waals surface area contributed by atoms with Crippen molar-refractivity contribution in [2.45, 2.75) is 6.92 Å². The Balaban J connectivity index is 2.92. The molecule has 0 fully saturated rings. The molecule has 0 aliphatic heterocycles. The van der Waals surface area contributed by atoms with Gasteiger partial charge in [0.05, 0.1) is 11.9 Å². The second kappa shape index (κ2) is 5.55. The smallest absolute Gasteiger partial charge is 0.357 e. The van der Waals surface area contributed by atoms with E-state index in [1.54, 1.807) is 6.92 Å². The molecule has 0 radical (unpaired) electrons. The molecule has 15 heavy (non-hydrogen) atoms. The molecule has 0 unspecified atom stereocenters. The van der Waals surface area contributed by atoms with Crippen LogP contribution in [0.1, 0.15) is 28.0 Å². The lowest BCUT2D eigenvalue weighted by Crippen LogP contribution is -2.13. The summed E-state index contributed by atoms with van der Waals surface area (Å²) in [5.74, 6) is -0.818. The van der Waals surface area contributed by atoms with Crippen LogP contribution in [0.15, 0.2) is 12.3 Å². The number of ether oxygens (including phenoxy) is 1. The van der Waals surface area contributed by atoms with E-state index >= 15 is 0 Å². The number of ketones is 1. The highest BCUT2D eigenvalue weighted by atomic mass is 79.9. The van der Waals surface area contributed by atoms with Crippen molar-refractivity contribution in [2.24, 2.45) is 0 Å². The van der Waals surface area contributed by atoms with Crippen molar-refractivity contribution in [3.05, 3.63) is 23.8 Å². The molecule has 1 aromatic rings. The highest BCUT2D eigenvalue weighted by Gasteiger charge is 2.13. The Bertz CT molecular complexity index is 381. The molecule has 0 spiro atoms. The molecule has 1 aromatic heterocycles. The van der Waals surface area contributed by atoms with Crippen molar-refractivity contribution >= 4 is 27.7 Å². The van der Waals surface area contributed by atoms with E-state index in [4.69, 9.17) is 4.74 Å². The Morgan fingerprint density at radius 1 is 1.53 bits per heavy atom. The van der Waals surface area contributed by atoms with Gasteiger partial charge in [-0.2, -0.15) is 0 Å². The molecular formula is C9H9BrN2O3. The Morgan fingerprint density at radius 3 is 2.87 bits per heavy atom. The number of aromatic nitrogens is 2. The summed E-state index contributed by atoms with van der Waals surface area (Å²) in [5.41, 5.74) is 0.0937. The zero-order chi connectivity index (χ0) is 11.3. The van der Waals surface area contributed by atoms with Crippen molar-refractivity contribution in [1.29, 1.82) is 0 Å². The number of Topliss-reactive ketones (excluding diaryl/α,β-unsaturated/α-hetero) is 1. The van der Waals surface area contributed by atoms with E-state index in [1.165, 1.54) is 12.3 Å². The second-order valence-electron chi connectivity index (χ2n) is 2.54. The number of hydrogen-bond acceptors (Lipinski definition) is 5. The molecule has 0 N–H and O–H groups in total. The third-order valence-electron chi connectivity index (χ3n) is 1.51. The van der Waals surface area contributed by atoms with E-state index in [0.717, 1.165) is 0 Å². The molecule has 0 aliphatic rings. The lowest BCUT2D eigenvalue weighted by atomic mass is 10.3. The molecule has 0 atom stereocenters. The van der Waals surface area contributed by atoms with Crippen LogP contribution in [0.4, 0.5) is 0 Å². The van der Waals surface area contributed by atoms with Gasteiger partial charge in [0.1, 0.15) is 0 Å². The fraction of sp³-hybridized carbons (Fsp3) is 0.333. The quantitative estimate of drug-likeness (QED) is 0.469. The molecular weight excluding hydrogens is 264 g/mol. The van der Waals surface area contributed by atoms with Crippen LogP contribution in [0, 0.1) is 0 Å². The minimum atomic E-state index is -0.552. The minimum Gasteiger partial charge on any atom is -0.461 e. The number of nitrogens with zero attached hydrogens (tertiary/aromatic N) is 2. The normalized spacial score (nSPS) is 9.73. The molecule has 1 rings (SSSR count). The predicted octanol–water partition coefficient (Wildman–Crippen LogP) is 1.23. The molecule has 0 saturated heterocycles. The third kappa shape index (κ3) is 3.09. The summed E-state index contributed by atoms with van der Waals surface area (Å²) in [4.78, 5) is 30.0. The maximum atomic E-state index is 11.3. The SMILES string of the molecule is CCOC(=O)c1ccnc(C(=O)CBr)n1. The Kier molecular flexibility index (Phi) is 4.36. The summed E-state index contributed by atoms with van der Waals surface area (Å²) in [5, 5.41) is 0.124. The third-order valence-corrected chi connectivity index (χ3v) is 2.02. The van der Waals surface area contributed by atoms with E-state index in [1.807, 2.05) is 0 Å².